The van der Waals surface area contributed by atoms with E-state index in [0.29, 0.717) is 6.54 Å². The summed E-state index contributed by atoms with van der Waals surface area (Å²) in [7, 11) is 2.50. The van der Waals surface area contributed by atoms with E-state index in [4.69, 9.17) is 4.74 Å². The van der Waals surface area contributed by atoms with Gasteiger partial charge in [0.15, 0.2) is 11.4 Å². The molecule has 0 saturated heterocycles. The molecule has 21 heavy (non-hydrogen) atoms. The monoisotopic (exact) mass is 288 g/mol. The predicted octanol–water partition coefficient (Wildman–Crippen LogP) is 1.81. The molecule has 0 unspecified atom stereocenters. The number of carbonyl (C=O) groups is 2. The molecule has 1 heterocycles. The van der Waals surface area contributed by atoms with Gasteiger partial charge in [-0.05, 0) is 12.5 Å². The second-order valence-corrected chi connectivity index (χ2v) is 4.54. The van der Waals surface area contributed by atoms with Crippen LogP contribution >= 0.6 is 0 Å². The lowest BCUT2D eigenvalue weighted by molar-refractivity contribution is 0.0544. The van der Waals surface area contributed by atoms with Crippen molar-refractivity contribution in [2.24, 2.45) is 0 Å². The van der Waals surface area contributed by atoms with Crippen molar-refractivity contribution in [1.29, 1.82) is 0 Å². The van der Waals surface area contributed by atoms with Crippen LogP contribution in [0.4, 0.5) is 0 Å². The van der Waals surface area contributed by atoms with Crippen LogP contribution in [0.1, 0.15) is 32.1 Å². The molecule has 0 fully saturated rings. The fraction of sp³-hybridized carbons (Fsp3) is 0.267. The number of aromatic nitrogens is 2. The minimum absolute atomic E-state index is 0.0449. The number of ether oxygens (including phenoxy) is 2. The van der Waals surface area contributed by atoms with Crippen LogP contribution < -0.4 is 0 Å². The molecule has 0 aliphatic carbocycles. The SMILES string of the molecule is COC(=O)c1ncn(Cc2ccc(C)cc2)c1C(=O)OC. The number of benzene rings is 1. The molecule has 2 rings (SSSR count). The highest BCUT2D eigenvalue weighted by Gasteiger charge is 2.25. The molecule has 0 bridgehead atoms. The molecule has 1 aromatic carbocycles. The molecule has 6 heteroatoms. The van der Waals surface area contributed by atoms with Crippen molar-refractivity contribution in [2.45, 2.75) is 13.5 Å². The third-order valence-corrected chi connectivity index (χ3v) is 3.07. The van der Waals surface area contributed by atoms with Gasteiger partial charge in [0, 0.05) is 6.54 Å². The smallest absolute Gasteiger partial charge is 0.359 e. The lowest BCUT2D eigenvalue weighted by Crippen LogP contribution is -2.16. The first-order chi connectivity index (χ1) is 10.1. The number of hydrogen-bond acceptors (Lipinski definition) is 5. The molecule has 2 aromatic rings. The lowest BCUT2D eigenvalue weighted by atomic mass is 10.1. The van der Waals surface area contributed by atoms with Gasteiger partial charge in [-0.3, -0.25) is 0 Å². The first-order valence-corrected chi connectivity index (χ1v) is 6.34. The lowest BCUT2D eigenvalue weighted by Gasteiger charge is -2.08. The van der Waals surface area contributed by atoms with Gasteiger partial charge in [0.1, 0.15) is 0 Å². The molecule has 0 saturated carbocycles. The fourth-order valence-electron chi connectivity index (χ4n) is 1.95. The van der Waals surface area contributed by atoms with Crippen molar-refractivity contribution in [3.63, 3.8) is 0 Å². The van der Waals surface area contributed by atoms with Crippen molar-refractivity contribution in [3.05, 3.63) is 53.1 Å². The molecule has 0 radical (unpaired) electrons. The Morgan fingerprint density at radius 3 is 2.29 bits per heavy atom. The summed E-state index contributed by atoms with van der Waals surface area (Å²) in [5.74, 6) is -1.29. The van der Waals surface area contributed by atoms with Crippen molar-refractivity contribution in [3.8, 4) is 0 Å². The number of aryl methyl sites for hydroxylation is 1. The number of rotatable bonds is 4. The third kappa shape index (κ3) is 3.10. The Labute approximate surface area is 122 Å². The molecule has 0 N–H and O–H groups in total. The fourth-order valence-corrected chi connectivity index (χ4v) is 1.95. The van der Waals surface area contributed by atoms with Crippen LogP contribution in [0.15, 0.2) is 30.6 Å². The number of methoxy groups -OCH3 is 2. The first-order valence-electron chi connectivity index (χ1n) is 6.34. The zero-order chi connectivity index (χ0) is 15.4. The summed E-state index contributed by atoms with van der Waals surface area (Å²) in [5.41, 5.74) is 2.17. The van der Waals surface area contributed by atoms with Gasteiger partial charge in [0.2, 0.25) is 0 Å². The van der Waals surface area contributed by atoms with Gasteiger partial charge in [0.25, 0.3) is 0 Å². The molecule has 0 spiro atoms. The number of esters is 2. The van der Waals surface area contributed by atoms with E-state index in [1.165, 1.54) is 20.5 Å². The Balaban J connectivity index is 2.39. The summed E-state index contributed by atoms with van der Waals surface area (Å²) in [4.78, 5) is 27.5. The molecular weight excluding hydrogens is 272 g/mol. The minimum Gasteiger partial charge on any atom is -0.464 e. The van der Waals surface area contributed by atoms with Crippen LogP contribution in [-0.4, -0.2) is 35.7 Å². The van der Waals surface area contributed by atoms with Crippen molar-refractivity contribution < 1.29 is 19.1 Å². The van der Waals surface area contributed by atoms with Gasteiger partial charge in [-0.2, -0.15) is 0 Å². The Hall–Kier alpha value is -2.63. The van der Waals surface area contributed by atoms with Crippen LogP contribution in [0.25, 0.3) is 0 Å². The van der Waals surface area contributed by atoms with Crippen molar-refractivity contribution >= 4 is 11.9 Å². The van der Waals surface area contributed by atoms with E-state index in [1.807, 2.05) is 31.2 Å². The highest BCUT2D eigenvalue weighted by atomic mass is 16.5. The van der Waals surface area contributed by atoms with E-state index in [-0.39, 0.29) is 11.4 Å². The standard InChI is InChI=1S/C15H16N2O4/c1-10-4-6-11(7-5-10)8-17-9-16-12(14(18)20-2)13(17)15(19)21-3/h4-7,9H,8H2,1-3H3. The molecule has 0 aliphatic heterocycles. The van der Waals surface area contributed by atoms with E-state index >= 15 is 0 Å². The quantitative estimate of drug-likeness (QED) is 0.802. The number of imidazole rings is 1. The Morgan fingerprint density at radius 1 is 1.10 bits per heavy atom. The summed E-state index contributed by atoms with van der Waals surface area (Å²) in [6.07, 6.45) is 1.43. The molecule has 6 nitrogen and oxygen atoms in total. The largest absolute Gasteiger partial charge is 0.464 e. The average molecular weight is 288 g/mol. The number of nitrogens with zero attached hydrogens (tertiary/aromatic N) is 2. The van der Waals surface area contributed by atoms with Crippen molar-refractivity contribution in [2.75, 3.05) is 14.2 Å². The van der Waals surface area contributed by atoms with Gasteiger partial charge < -0.3 is 14.0 Å². The molecule has 110 valence electrons. The molecule has 0 atom stereocenters. The van der Waals surface area contributed by atoms with E-state index in [2.05, 4.69) is 9.72 Å². The minimum atomic E-state index is -0.668. The van der Waals surface area contributed by atoms with Crippen LogP contribution in [0.2, 0.25) is 0 Å². The second-order valence-electron chi connectivity index (χ2n) is 4.54. The zero-order valence-corrected chi connectivity index (χ0v) is 12.1. The third-order valence-electron chi connectivity index (χ3n) is 3.07. The maximum absolute atomic E-state index is 11.9. The van der Waals surface area contributed by atoms with Gasteiger partial charge in [0.05, 0.1) is 20.5 Å². The highest BCUT2D eigenvalue weighted by molar-refractivity contribution is 6.00. The van der Waals surface area contributed by atoms with Crippen LogP contribution in [0.5, 0.6) is 0 Å². The van der Waals surface area contributed by atoms with Crippen LogP contribution in [-0.2, 0) is 16.0 Å². The van der Waals surface area contributed by atoms with Crippen molar-refractivity contribution in [1.82, 2.24) is 9.55 Å². The summed E-state index contributed by atoms with van der Waals surface area (Å²) in [6, 6.07) is 7.86. The van der Waals surface area contributed by atoms with E-state index in [1.54, 1.807) is 4.57 Å². The Kier molecular flexibility index (Phi) is 4.37. The molecule has 0 amide bonds. The molecular formula is C15H16N2O4. The zero-order valence-electron chi connectivity index (χ0n) is 12.1. The number of carbonyl (C=O) groups excluding carboxylic acids is 2. The van der Waals surface area contributed by atoms with Gasteiger partial charge >= 0.3 is 11.9 Å². The summed E-state index contributed by atoms with van der Waals surface area (Å²) in [5, 5.41) is 0. The normalized spacial score (nSPS) is 10.2. The highest BCUT2D eigenvalue weighted by Crippen LogP contribution is 2.14. The van der Waals surface area contributed by atoms with Gasteiger partial charge in [-0.15, -0.1) is 0 Å². The Bertz CT molecular complexity index is 659. The van der Waals surface area contributed by atoms with Gasteiger partial charge in [-0.25, -0.2) is 14.6 Å². The first kappa shape index (κ1) is 14.8. The predicted molar refractivity (Wildman–Crippen MR) is 75.2 cm³/mol. The summed E-state index contributed by atoms with van der Waals surface area (Å²) < 4.78 is 10.9. The maximum atomic E-state index is 11.9. The maximum Gasteiger partial charge on any atom is 0.359 e. The molecule has 1 aromatic heterocycles. The molecule has 0 aliphatic rings. The number of hydrogen-bond donors (Lipinski definition) is 0. The van der Waals surface area contributed by atoms with E-state index in [9.17, 15) is 9.59 Å². The van der Waals surface area contributed by atoms with E-state index in [0.717, 1.165) is 11.1 Å². The van der Waals surface area contributed by atoms with E-state index < -0.39 is 11.9 Å². The van der Waals surface area contributed by atoms with Crippen LogP contribution in [0.3, 0.4) is 0 Å². The summed E-state index contributed by atoms with van der Waals surface area (Å²) >= 11 is 0. The average Bonchev–Trinajstić information content (AvgIpc) is 2.91. The van der Waals surface area contributed by atoms with Gasteiger partial charge in [-0.1, -0.05) is 29.8 Å². The van der Waals surface area contributed by atoms with Crippen LogP contribution in [0, 0.1) is 6.92 Å². The Morgan fingerprint density at radius 2 is 1.71 bits per heavy atom. The topological polar surface area (TPSA) is 70.4 Å². The summed E-state index contributed by atoms with van der Waals surface area (Å²) in [6.45, 7) is 2.41. The second kappa shape index (κ2) is 6.21.